The van der Waals surface area contributed by atoms with Crippen molar-refractivity contribution >= 4 is 17.3 Å². The highest BCUT2D eigenvalue weighted by Gasteiger charge is 2.11. The average molecular weight is 290 g/mol. The Morgan fingerprint density at radius 3 is 2.75 bits per heavy atom. The molecule has 0 fully saturated rings. The Balaban J connectivity index is 1.94. The summed E-state index contributed by atoms with van der Waals surface area (Å²) in [5.74, 6) is 0. The maximum Gasteiger partial charge on any atom is 0.0501 e. The number of likely N-dealkylation sites (N-methyl/N-ethyl adjacent to an activating group) is 1. The van der Waals surface area contributed by atoms with Crippen molar-refractivity contribution < 1.29 is 0 Å². The second-order valence-electron chi connectivity index (χ2n) is 5.04. The summed E-state index contributed by atoms with van der Waals surface area (Å²) in [5.41, 5.74) is 8.63. The third-order valence-corrected chi connectivity index (χ3v) is 3.80. The summed E-state index contributed by atoms with van der Waals surface area (Å²) < 4.78 is 0. The highest BCUT2D eigenvalue weighted by atomic mass is 35.5. The van der Waals surface area contributed by atoms with Crippen LogP contribution < -0.4 is 5.73 Å². The lowest BCUT2D eigenvalue weighted by atomic mass is 10.1. The molecule has 0 aliphatic heterocycles. The van der Waals surface area contributed by atoms with Crippen LogP contribution in [0.1, 0.15) is 24.2 Å². The normalized spacial score (nSPS) is 12.6. The first-order chi connectivity index (χ1) is 9.56. The maximum absolute atomic E-state index is 6.04. The maximum atomic E-state index is 6.04. The van der Waals surface area contributed by atoms with Gasteiger partial charge in [-0.15, -0.1) is 0 Å². The van der Waals surface area contributed by atoms with Crippen molar-refractivity contribution in [2.24, 2.45) is 0 Å². The number of rotatable bonds is 5. The van der Waals surface area contributed by atoms with E-state index in [2.05, 4.69) is 29.9 Å². The SMILES string of the molecule is CC(c1cccc(Cl)c1)N(C)CCc1ccc(N)cn1. The molecule has 20 heavy (non-hydrogen) atoms. The van der Waals surface area contributed by atoms with Crippen LogP contribution in [0.4, 0.5) is 5.69 Å². The number of hydrogen-bond donors (Lipinski definition) is 1. The molecule has 0 saturated heterocycles. The molecule has 4 heteroatoms. The van der Waals surface area contributed by atoms with Gasteiger partial charge in [0.05, 0.1) is 11.9 Å². The molecule has 0 spiro atoms. The largest absolute Gasteiger partial charge is 0.397 e. The molecular formula is C16H20ClN3. The van der Waals surface area contributed by atoms with Crippen LogP contribution >= 0.6 is 11.6 Å². The van der Waals surface area contributed by atoms with E-state index in [1.807, 2.05) is 30.3 Å². The lowest BCUT2D eigenvalue weighted by molar-refractivity contribution is 0.264. The highest BCUT2D eigenvalue weighted by Crippen LogP contribution is 2.21. The number of nitrogens with two attached hydrogens (primary N) is 1. The number of aromatic nitrogens is 1. The van der Waals surface area contributed by atoms with Crippen molar-refractivity contribution in [2.45, 2.75) is 19.4 Å². The molecule has 1 unspecified atom stereocenters. The molecule has 0 saturated carbocycles. The van der Waals surface area contributed by atoms with Crippen LogP contribution in [0.25, 0.3) is 0 Å². The number of pyridine rings is 1. The van der Waals surface area contributed by atoms with E-state index in [1.54, 1.807) is 6.20 Å². The van der Waals surface area contributed by atoms with Crippen molar-refractivity contribution in [3.8, 4) is 0 Å². The predicted octanol–water partition coefficient (Wildman–Crippen LogP) is 3.55. The molecule has 3 nitrogen and oxygen atoms in total. The smallest absolute Gasteiger partial charge is 0.0501 e. The Morgan fingerprint density at radius 2 is 2.10 bits per heavy atom. The molecular weight excluding hydrogens is 270 g/mol. The molecule has 1 heterocycles. The molecule has 0 aliphatic rings. The van der Waals surface area contributed by atoms with E-state index in [0.29, 0.717) is 11.7 Å². The van der Waals surface area contributed by atoms with E-state index >= 15 is 0 Å². The van der Waals surface area contributed by atoms with Gasteiger partial charge in [0.25, 0.3) is 0 Å². The summed E-state index contributed by atoms with van der Waals surface area (Å²) in [4.78, 5) is 6.62. The van der Waals surface area contributed by atoms with Crippen molar-refractivity contribution in [1.29, 1.82) is 0 Å². The number of benzene rings is 1. The number of hydrogen-bond acceptors (Lipinski definition) is 3. The minimum absolute atomic E-state index is 0.322. The van der Waals surface area contributed by atoms with Crippen molar-refractivity contribution in [2.75, 3.05) is 19.3 Å². The van der Waals surface area contributed by atoms with Crippen LogP contribution in [0, 0.1) is 0 Å². The van der Waals surface area contributed by atoms with Crippen LogP contribution in [-0.4, -0.2) is 23.5 Å². The third kappa shape index (κ3) is 3.95. The zero-order valence-electron chi connectivity index (χ0n) is 11.9. The summed E-state index contributed by atoms with van der Waals surface area (Å²) in [5, 5.41) is 0.781. The zero-order chi connectivity index (χ0) is 14.5. The van der Waals surface area contributed by atoms with Crippen LogP contribution in [0.15, 0.2) is 42.6 Å². The monoisotopic (exact) mass is 289 g/mol. The molecule has 2 N–H and O–H groups in total. The predicted molar refractivity (Wildman–Crippen MR) is 84.9 cm³/mol. The molecule has 106 valence electrons. The topological polar surface area (TPSA) is 42.1 Å². The second-order valence-corrected chi connectivity index (χ2v) is 5.48. The molecule has 1 aromatic carbocycles. The molecule has 1 atom stereocenters. The van der Waals surface area contributed by atoms with E-state index in [1.165, 1.54) is 5.56 Å². The molecule has 0 amide bonds. The van der Waals surface area contributed by atoms with Gasteiger partial charge in [-0.1, -0.05) is 23.7 Å². The number of anilines is 1. The van der Waals surface area contributed by atoms with Crippen molar-refractivity contribution in [1.82, 2.24) is 9.88 Å². The first kappa shape index (κ1) is 14.8. The van der Waals surface area contributed by atoms with Crippen LogP contribution in [0.3, 0.4) is 0 Å². The fraction of sp³-hybridized carbons (Fsp3) is 0.312. The third-order valence-electron chi connectivity index (χ3n) is 3.56. The standard InChI is InChI=1S/C16H20ClN3/c1-12(13-4-3-5-14(17)10-13)20(2)9-8-16-7-6-15(18)11-19-16/h3-7,10-12H,8-9,18H2,1-2H3. The van der Waals surface area contributed by atoms with E-state index in [4.69, 9.17) is 17.3 Å². The summed E-state index contributed by atoms with van der Waals surface area (Å²) in [6.45, 7) is 3.12. The minimum atomic E-state index is 0.322. The van der Waals surface area contributed by atoms with Gasteiger partial charge in [0.15, 0.2) is 0 Å². The Labute approximate surface area is 125 Å². The van der Waals surface area contributed by atoms with Gasteiger partial charge in [-0.25, -0.2) is 0 Å². The van der Waals surface area contributed by atoms with Crippen LogP contribution in [-0.2, 0) is 6.42 Å². The van der Waals surface area contributed by atoms with Gasteiger partial charge in [-0.2, -0.15) is 0 Å². The lowest BCUT2D eigenvalue weighted by Crippen LogP contribution is -2.25. The highest BCUT2D eigenvalue weighted by molar-refractivity contribution is 6.30. The van der Waals surface area contributed by atoms with Gasteiger partial charge in [-0.05, 0) is 43.8 Å². The van der Waals surface area contributed by atoms with E-state index < -0.39 is 0 Å². The summed E-state index contributed by atoms with van der Waals surface area (Å²) >= 11 is 6.04. The number of nitrogen functional groups attached to an aromatic ring is 1. The molecule has 2 aromatic rings. The quantitative estimate of drug-likeness (QED) is 0.915. The average Bonchev–Trinajstić information content (AvgIpc) is 2.45. The van der Waals surface area contributed by atoms with Gasteiger partial charge in [0.2, 0.25) is 0 Å². The Hall–Kier alpha value is -1.58. The van der Waals surface area contributed by atoms with Crippen LogP contribution in [0.5, 0.6) is 0 Å². The van der Waals surface area contributed by atoms with Gasteiger partial charge in [0.1, 0.15) is 0 Å². The summed E-state index contributed by atoms with van der Waals surface area (Å²) in [7, 11) is 2.11. The molecule has 0 aliphatic carbocycles. The zero-order valence-corrected chi connectivity index (χ0v) is 12.6. The van der Waals surface area contributed by atoms with E-state index in [-0.39, 0.29) is 0 Å². The van der Waals surface area contributed by atoms with Gasteiger partial charge >= 0.3 is 0 Å². The second kappa shape index (κ2) is 6.73. The van der Waals surface area contributed by atoms with Crippen molar-refractivity contribution in [3.05, 3.63) is 58.9 Å². The molecule has 0 radical (unpaired) electrons. The van der Waals surface area contributed by atoms with Crippen LogP contribution in [0.2, 0.25) is 5.02 Å². The Morgan fingerprint density at radius 1 is 1.30 bits per heavy atom. The fourth-order valence-corrected chi connectivity index (χ4v) is 2.29. The van der Waals surface area contributed by atoms with Gasteiger partial charge < -0.3 is 5.73 Å². The first-order valence-electron chi connectivity index (χ1n) is 6.72. The summed E-state index contributed by atoms with van der Waals surface area (Å²) in [6.07, 6.45) is 2.61. The minimum Gasteiger partial charge on any atom is -0.397 e. The number of halogens is 1. The molecule has 0 bridgehead atoms. The Kier molecular flexibility index (Phi) is 4.99. The van der Waals surface area contributed by atoms with E-state index in [0.717, 1.165) is 23.7 Å². The van der Waals surface area contributed by atoms with Gasteiger partial charge in [-0.3, -0.25) is 9.88 Å². The Bertz CT molecular complexity index is 554. The molecule has 1 aromatic heterocycles. The first-order valence-corrected chi connectivity index (χ1v) is 7.10. The number of nitrogens with zero attached hydrogens (tertiary/aromatic N) is 2. The van der Waals surface area contributed by atoms with Gasteiger partial charge in [0, 0.05) is 29.7 Å². The lowest BCUT2D eigenvalue weighted by Gasteiger charge is -2.25. The summed E-state index contributed by atoms with van der Waals surface area (Å²) in [6, 6.07) is 12.2. The van der Waals surface area contributed by atoms with E-state index in [9.17, 15) is 0 Å². The fourth-order valence-electron chi connectivity index (χ4n) is 2.09. The van der Waals surface area contributed by atoms with Crippen molar-refractivity contribution in [3.63, 3.8) is 0 Å². The molecule has 2 rings (SSSR count).